The number of hydrogen-bond donors (Lipinski definition) is 2. The van der Waals surface area contributed by atoms with Crippen LogP contribution in [0.1, 0.15) is 18.5 Å². The van der Waals surface area contributed by atoms with Gasteiger partial charge in [-0.25, -0.2) is 4.98 Å². The molecule has 3 N–H and O–H groups in total. The number of nitrogens with one attached hydrogen (secondary N) is 1. The molecule has 1 unspecified atom stereocenters. The number of pyridine rings is 1. The van der Waals surface area contributed by atoms with E-state index in [1.54, 1.807) is 18.3 Å². The summed E-state index contributed by atoms with van der Waals surface area (Å²) in [5.74, 6) is 0.343. The Labute approximate surface area is 124 Å². The average Bonchev–Trinajstić information content (AvgIpc) is 2.50. The van der Waals surface area contributed by atoms with Crippen LogP contribution in [0.25, 0.3) is 0 Å². The molecule has 0 aliphatic rings. The van der Waals surface area contributed by atoms with Gasteiger partial charge in [-0.05, 0) is 31.3 Å². The predicted octanol–water partition coefficient (Wildman–Crippen LogP) is 2.30. The molecule has 0 bridgehead atoms. The molecule has 0 spiro atoms. The van der Waals surface area contributed by atoms with Crippen LogP contribution in [-0.4, -0.2) is 29.4 Å². The Morgan fingerprint density at radius 1 is 1.29 bits per heavy atom. The summed E-state index contributed by atoms with van der Waals surface area (Å²) in [5.41, 5.74) is 7.15. The van der Waals surface area contributed by atoms with Crippen molar-refractivity contribution >= 4 is 17.4 Å². The van der Waals surface area contributed by atoms with Crippen LogP contribution in [0.2, 0.25) is 0 Å². The molecule has 0 saturated carbocycles. The van der Waals surface area contributed by atoms with Crippen molar-refractivity contribution in [2.75, 3.05) is 24.6 Å². The summed E-state index contributed by atoms with van der Waals surface area (Å²) < 4.78 is 0. The lowest BCUT2D eigenvalue weighted by atomic mass is 10.0. The number of benzene rings is 1. The maximum absolute atomic E-state index is 12.6. The quantitative estimate of drug-likeness (QED) is 0.883. The second kappa shape index (κ2) is 6.85. The molecule has 0 saturated heterocycles. The molecule has 2 rings (SSSR count). The third kappa shape index (κ3) is 3.79. The highest BCUT2D eigenvalue weighted by Gasteiger charge is 2.24. The lowest BCUT2D eigenvalue weighted by Gasteiger charge is -2.26. The zero-order valence-electron chi connectivity index (χ0n) is 12.3. The SMILES string of the molecule is CCN(C)C(C(=O)Nc1ccc(N)nc1)c1ccccc1. The number of aromatic nitrogens is 1. The van der Waals surface area contributed by atoms with Gasteiger partial charge in [0.25, 0.3) is 0 Å². The Morgan fingerprint density at radius 2 is 2.00 bits per heavy atom. The van der Waals surface area contributed by atoms with E-state index in [9.17, 15) is 4.79 Å². The molecule has 1 amide bonds. The summed E-state index contributed by atoms with van der Waals surface area (Å²) in [6.45, 7) is 2.79. The van der Waals surface area contributed by atoms with Crippen molar-refractivity contribution in [3.8, 4) is 0 Å². The molecule has 0 radical (unpaired) electrons. The molecule has 1 aromatic heterocycles. The smallest absolute Gasteiger partial charge is 0.246 e. The van der Waals surface area contributed by atoms with Gasteiger partial charge in [0.2, 0.25) is 5.91 Å². The molecule has 5 nitrogen and oxygen atoms in total. The van der Waals surface area contributed by atoms with E-state index in [1.807, 2.05) is 49.2 Å². The number of nitrogens with two attached hydrogens (primary N) is 1. The highest BCUT2D eigenvalue weighted by Crippen LogP contribution is 2.21. The largest absolute Gasteiger partial charge is 0.384 e. The van der Waals surface area contributed by atoms with E-state index in [1.165, 1.54) is 0 Å². The predicted molar refractivity (Wildman–Crippen MR) is 84.8 cm³/mol. The summed E-state index contributed by atoms with van der Waals surface area (Å²) in [6.07, 6.45) is 1.56. The second-order valence-corrected chi connectivity index (χ2v) is 4.85. The minimum atomic E-state index is -0.339. The van der Waals surface area contributed by atoms with Crippen LogP contribution in [0.15, 0.2) is 48.7 Å². The molecule has 0 fully saturated rings. The van der Waals surface area contributed by atoms with Gasteiger partial charge in [0.15, 0.2) is 0 Å². The topological polar surface area (TPSA) is 71.2 Å². The summed E-state index contributed by atoms with van der Waals surface area (Å²) in [4.78, 5) is 18.6. The van der Waals surface area contributed by atoms with Gasteiger partial charge in [0.1, 0.15) is 11.9 Å². The molecular weight excluding hydrogens is 264 g/mol. The van der Waals surface area contributed by atoms with Crippen LogP contribution in [0, 0.1) is 0 Å². The van der Waals surface area contributed by atoms with Crippen LogP contribution >= 0.6 is 0 Å². The average molecular weight is 284 g/mol. The number of anilines is 2. The van der Waals surface area contributed by atoms with E-state index in [4.69, 9.17) is 5.73 Å². The zero-order chi connectivity index (χ0) is 15.2. The number of likely N-dealkylation sites (N-methyl/N-ethyl adjacent to an activating group) is 1. The van der Waals surface area contributed by atoms with Gasteiger partial charge in [-0.15, -0.1) is 0 Å². The summed E-state index contributed by atoms with van der Waals surface area (Å²) in [6, 6.07) is 12.8. The minimum Gasteiger partial charge on any atom is -0.384 e. The first-order chi connectivity index (χ1) is 10.1. The molecule has 1 heterocycles. The number of nitrogen functional groups attached to an aromatic ring is 1. The Hall–Kier alpha value is -2.40. The van der Waals surface area contributed by atoms with Gasteiger partial charge < -0.3 is 11.1 Å². The van der Waals surface area contributed by atoms with Crippen molar-refractivity contribution in [3.63, 3.8) is 0 Å². The number of nitrogens with zero attached hydrogens (tertiary/aromatic N) is 2. The van der Waals surface area contributed by atoms with Crippen molar-refractivity contribution < 1.29 is 4.79 Å². The molecule has 0 aliphatic carbocycles. The Kier molecular flexibility index (Phi) is 4.90. The van der Waals surface area contributed by atoms with Gasteiger partial charge in [-0.3, -0.25) is 9.69 Å². The van der Waals surface area contributed by atoms with Crippen LogP contribution in [-0.2, 0) is 4.79 Å². The number of carbonyl (C=O) groups is 1. The lowest BCUT2D eigenvalue weighted by molar-refractivity contribution is -0.121. The third-order valence-corrected chi connectivity index (χ3v) is 3.36. The van der Waals surface area contributed by atoms with Crippen LogP contribution < -0.4 is 11.1 Å². The Morgan fingerprint density at radius 3 is 2.57 bits per heavy atom. The van der Waals surface area contributed by atoms with Crippen molar-refractivity contribution in [3.05, 3.63) is 54.2 Å². The maximum atomic E-state index is 12.6. The molecule has 110 valence electrons. The first-order valence-electron chi connectivity index (χ1n) is 6.89. The standard InChI is InChI=1S/C16H20N4O/c1-3-20(2)15(12-7-5-4-6-8-12)16(21)19-13-9-10-14(17)18-11-13/h4-11,15H,3H2,1-2H3,(H2,17,18)(H,19,21). The van der Waals surface area contributed by atoms with Gasteiger partial charge in [0, 0.05) is 0 Å². The highest BCUT2D eigenvalue weighted by atomic mass is 16.2. The van der Waals surface area contributed by atoms with Gasteiger partial charge in [0.05, 0.1) is 11.9 Å². The second-order valence-electron chi connectivity index (χ2n) is 4.85. The molecule has 1 aromatic carbocycles. The fraction of sp³-hybridized carbons (Fsp3) is 0.250. The monoisotopic (exact) mass is 284 g/mol. The molecule has 1 atom stereocenters. The number of rotatable bonds is 5. The molecule has 5 heteroatoms. The molecule has 21 heavy (non-hydrogen) atoms. The van der Waals surface area contributed by atoms with Crippen LogP contribution in [0.3, 0.4) is 0 Å². The normalized spacial score (nSPS) is 12.1. The van der Waals surface area contributed by atoms with Crippen molar-refractivity contribution in [1.29, 1.82) is 0 Å². The minimum absolute atomic E-state index is 0.0860. The fourth-order valence-corrected chi connectivity index (χ4v) is 2.11. The van der Waals surface area contributed by atoms with Crippen LogP contribution in [0.4, 0.5) is 11.5 Å². The maximum Gasteiger partial charge on any atom is 0.246 e. The van der Waals surface area contributed by atoms with Crippen molar-refractivity contribution in [1.82, 2.24) is 9.88 Å². The fourth-order valence-electron chi connectivity index (χ4n) is 2.11. The summed E-state index contributed by atoms with van der Waals surface area (Å²) in [7, 11) is 1.93. The number of amides is 1. The van der Waals surface area contributed by atoms with E-state index in [0.717, 1.165) is 12.1 Å². The first kappa shape index (κ1) is 15.0. The van der Waals surface area contributed by atoms with E-state index >= 15 is 0 Å². The van der Waals surface area contributed by atoms with E-state index < -0.39 is 0 Å². The van der Waals surface area contributed by atoms with Crippen molar-refractivity contribution in [2.24, 2.45) is 0 Å². The third-order valence-electron chi connectivity index (χ3n) is 3.36. The van der Waals surface area contributed by atoms with Gasteiger partial charge in [-0.2, -0.15) is 0 Å². The molecule has 0 aliphatic heterocycles. The van der Waals surface area contributed by atoms with E-state index in [0.29, 0.717) is 11.5 Å². The molecular formula is C16H20N4O. The highest BCUT2D eigenvalue weighted by molar-refractivity contribution is 5.95. The number of hydrogen-bond acceptors (Lipinski definition) is 4. The van der Waals surface area contributed by atoms with Gasteiger partial charge in [-0.1, -0.05) is 37.3 Å². The zero-order valence-corrected chi connectivity index (χ0v) is 12.3. The van der Waals surface area contributed by atoms with E-state index in [2.05, 4.69) is 10.3 Å². The lowest BCUT2D eigenvalue weighted by Crippen LogP contribution is -2.34. The summed E-state index contributed by atoms with van der Waals surface area (Å²) >= 11 is 0. The Balaban J connectivity index is 2.20. The number of carbonyl (C=O) groups excluding carboxylic acids is 1. The molecule has 2 aromatic rings. The van der Waals surface area contributed by atoms with Crippen molar-refractivity contribution in [2.45, 2.75) is 13.0 Å². The van der Waals surface area contributed by atoms with E-state index in [-0.39, 0.29) is 11.9 Å². The van der Waals surface area contributed by atoms with Gasteiger partial charge >= 0.3 is 0 Å². The first-order valence-corrected chi connectivity index (χ1v) is 6.89. The summed E-state index contributed by atoms with van der Waals surface area (Å²) in [5, 5.41) is 2.88. The Bertz CT molecular complexity index is 583. The van der Waals surface area contributed by atoms with Crippen LogP contribution in [0.5, 0.6) is 0 Å².